The standard InChI is InChI=1S/C25H31NO2Si/c1-25(2,3)29(22-11-7-5-8-12-22,23-13-9-6-10-14-23)28-24(19-26)20-15-17-21(27-4)18-16-20/h5-18,24H,19,26H2,1-4H3/t24-/m0/s1. The Balaban J connectivity index is 2.16. The largest absolute Gasteiger partial charge is 0.497 e. The van der Waals surface area contributed by atoms with Gasteiger partial charge in [-0.05, 0) is 33.1 Å². The third-order valence-electron chi connectivity index (χ3n) is 5.44. The van der Waals surface area contributed by atoms with Gasteiger partial charge in [0.2, 0.25) is 0 Å². The van der Waals surface area contributed by atoms with Crippen molar-refractivity contribution in [1.82, 2.24) is 0 Å². The second-order valence-electron chi connectivity index (χ2n) is 8.28. The Kier molecular flexibility index (Phi) is 6.58. The van der Waals surface area contributed by atoms with Crippen LogP contribution in [-0.4, -0.2) is 22.0 Å². The van der Waals surface area contributed by atoms with E-state index in [9.17, 15) is 0 Å². The highest BCUT2D eigenvalue weighted by Crippen LogP contribution is 2.39. The first-order chi connectivity index (χ1) is 13.9. The molecule has 3 nitrogen and oxygen atoms in total. The monoisotopic (exact) mass is 405 g/mol. The van der Waals surface area contributed by atoms with Crippen LogP contribution < -0.4 is 20.8 Å². The lowest BCUT2D eigenvalue weighted by Crippen LogP contribution is -2.67. The molecule has 3 rings (SSSR count). The van der Waals surface area contributed by atoms with Gasteiger partial charge in [-0.25, -0.2) is 0 Å². The molecular formula is C25H31NO2Si. The van der Waals surface area contributed by atoms with Gasteiger partial charge in [-0.3, -0.25) is 0 Å². The van der Waals surface area contributed by atoms with Crippen molar-refractivity contribution in [2.24, 2.45) is 5.73 Å². The van der Waals surface area contributed by atoms with E-state index in [-0.39, 0.29) is 11.1 Å². The number of hydrogen-bond donors (Lipinski definition) is 1. The molecule has 3 aromatic rings. The third-order valence-corrected chi connectivity index (χ3v) is 10.5. The lowest BCUT2D eigenvalue weighted by atomic mass is 10.1. The molecule has 0 aliphatic rings. The maximum atomic E-state index is 7.16. The van der Waals surface area contributed by atoms with Crippen molar-refractivity contribution >= 4 is 18.7 Å². The first-order valence-electron chi connectivity index (χ1n) is 10.1. The van der Waals surface area contributed by atoms with E-state index in [1.165, 1.54) is 10.4 Å². The van der Waals surface area contributed by atoms with E-state index < -0.39 is 8.32 Å². The van der Waals surface area contributed by atoms with E-state index in [0.717, 1.165) is 11.3 Å². The van der Waals surface area contributed by atoms with Crippen molar-refractivity contribution in [3.63, 3.8) is 0 Å². The SMILES string of the molecule is COc1ccc([C@H](CN)O[Si](c2ccccc2)(c2ccccc2)C(C)(C)C)cc1. The zero-order valence-electron chi connectivity index (χ0n) is 17.8. The minimum Gasteiger partial charge on any atom is -0.497 e. The smallest absolute Gasteiger partial charge is 0.261 e. The van der Waals surface area contributed by atoms with Crippen LogP contribution in [0.1, 0.15) is 32.4 Å². The molecule has 0 radical (unpaired) electrons. The van der Waals surface area contributed by atoms with Crippen molar-refractivity contribution in [3.8, 4) is 5.75 Å². The van der Waals surface area contributed by atoms with Gasteiger partial charge in [-0.1, -0.05) is 93.6 Å². The average Bonchev–Trinajstić information content (AvgIpc) is 2.75. The molecule has 2 N–H and O–H groups in total. The van der Waals surface area contributed by atoms with Gasteiger partial charge in [0.15, 0.2) is 0 Å². The fraction of sp³-hybridized carbons (Fsp3) is 0.280. The number of benzene rings is 3. The molecule has 0 heterocycles. The van der Waals surface area contributed by atoms with Crippen LogP contribution in [0.4, 0.5) is 0 Å². The molecule has 152 valence electrons. The molecule has 29 heavy (non-hydrogen) atoms. The van der Waals surface area contributed by atoms with Crippen LogP contribution in [0.15, 0.2) is 84.9 Å². The van der Waals surface area contributed by atoms with Crippen LogP contribution in [0, 0.1) is 0 Å². The fourth-order valence-electron chi connectivity index (χ4n) is 3.98. The Labute approximate surface area is 175 Å². The van der Waals surface area contributed by atoms with E-state index in [1.807, 2.05) is 24.3 Å². The van der Waals surface area contributed by atoms with Gasteiger partial charge < -0.3 is 14.9 Å². The molecule has 0 spiro atoms. The molecule has 0 aliphatic heterocycles. The highest BCUT2D eigenvalue weighted by molar-refractivity contribution is 6.99. The summed E-state index contributed by atoms with van der Waals surface area (Å²) in [6.45, 7) is 7.25. The fourth-order valence-corrected chi connectivity index (χ4v) is 8.65. The Morgan fingerprint density at radius 3 is 1.66 bits per heavy atom. The van der Waals surface area contributed by atoms with Gasteiger partial charge in [-0.2, -0.15) is 0 Å². The molecule has 4 heteroatoms. The van der Waals surface area contributed by atoms with Gasteiger partial charge in [0.25, 0.3) is 8.32 Å². The summed E-state index contributed by atoms with van der Waals surface area (Å²) in [4.78, 5) is 0. The third kappa shape index (κ3) is 4.30. The van der Waals surface area contributed by atoms with E-state index in [4.69, 9.17) is 14.9 Å². The predicted octanol–water partition coefficient (Wildman–Crippen LogP) is 4.27. The van der Waals surface area contributed by atoms with Crippen molar-refractivity contribution < 1.29 is 9.16 Å². The Hall–Kier alpha value is -2.40. The molecule has 0 unspecified atom stereocenters. The minimum atomic E-state index is -2.65. The number of methoxy groups -OCH3 is 1. The van der Waals surface area contributed by atoms with E-state index in [1.54, 1.807) is 7.11 Å². The summed E-state index contributed by atoms with van der Waals surface area (Å²) in [6, 6.07) is 29.3. The summed E-state index contributed by atoms with van der Waals surface area (Å²) in [7, 11) is -0.974. The highest BCUT2D eigenvalue weighted by Gasteiger charge is 2.51. The van der Waals surface area contributed by atoms with Crippen LogP contribution in [0.3, 0.4) is 0 Å². The molecule has 3 aromatic carbocycles. The summed E-state index contributed by atoms with van der Waals surface area (Å²) in [5.74, 6) is 0.829. The average molecular weight is 406 g/mol. The van der Waals surface area contributed by atoms with E-state index in [0.29, 0.717) is 6.54 Å². The molecule has 0 fully saturated rings. The lowest BCUT2D eigenvalue weighted by molar-refractivity contribution is 0.199. The summed E-state index contributed by atoms with van der Waals surface area (Å²) in [5.41, 5.74) is 7.32. The van der Waals surface area contributed by atoms with Crippen LogP contribution in [0.5, 0.6) is 5.75 Å². The molecule has 0 aliphatic carbocycles. The molecule has 1 atom stereocenters. The van der Waals surface area contributed by atoms with Gasteiger partial charge in [-0.15, -0.1) is 0 Å². The topological polar surface area (TPSA) is 44.5 Å². The van der Waals surface area contributed by atoms with Crippen molar-refractivity contribution in [1.29, 1.82) is 0 Å². The minimum absolute atomic E-state index is 0.0877. The number of ether oxygens (including phenoxy) is 1. The Bertz CT molecular complexity index is 850. The van der Waals surface area contributed by atoms with E-state index in [2.05, 4.69) is 81.4 Å². The molecular weight excluding hydrogens is 374 g/mol. The van der Waals surface area contributed by atoms with Crippen molar-refractivity contribution in [3.05, 3.63) is 90.5 Å². The summed E-state index contributed by atoms with van der Waals surface area (Å²) in [6.07, 6.45) is -0.202. The second-order valence-corrected chi connectivity index (χ2v) is 12.5. The van der Waals surface area contributed by atoms with Crippen LogP contribution in [0.25, 0.3) is 0 Å². The molecule has 0 amide bonds. The Morgan fingerprint density at radius 1 is 0.793 bits per heavy atom. The second kappa shape index (κ2) is 8.95. The van der Waals surface area contributed by atoms with Crippen LogP contribution >= 0.6 is 0 Å². The summed E-state index contributed by atoms with van der Waals surface area (Å²) < 4.78 is 12.5. The summed E-state index contributed by atoms with van der Waals surface area (Å²) >= 11 is 0. The van der Waals surface area contributed by atoms with Crippen molar-refractivity contribution in [2.75, 3.05) is 13.7 Å². The molecule has 0 saturated carbocycles. The molecule has 0 bridgehead atoms. The van der Waals surface area contributed by atoms with E-state index >= 15 is 0 Å². The molecule has 0 saturated heterocycles. The highest BCUT2D eigenvalue weighted by atomic mass is 28.4. The van der Waals surface area contributed by atoms with Crippen LogP contribution in [0.2, 0.25) is 5.04 Å². The normalized spacial score (nSPS) is 13.1. The maximum absolute atomic E-state index is 7.16. The predicted molar refractivity (Wildman–Crippen MR) is 123 cm³/mol. The summed E-state index contributed by atoms with van der Waals surface area (Å²) in [5, 5.41) is 2.42. The first-order valence-corrected chi connectivity index (χ1v) is 12.0. The number of rotatable bonds is 7. The quantitative estimate of drug-likeness (QED) is 0.597. The zero-order chi connectivity index (χ0) is 20.9. The first kappa shape index (κ1) is 21.3. The lowest BCUT2D eigenvalue weighted by Gasteiger charge is -2.45. The zero-order valence-corrected chi connectivity index (χ0v) is 18.8. The van der Waals surface area contributed by atoms with Gasteiger partial charge >= 0.3 is 0 Å². The molecule has 0 aromatic heterocycles. The van der Waals surface area contributed by atoms with Gasteiger partial charge in [0, 0.05) is 6.54 Å². The number of nitrogens with two attached hydrogens (primary N) is 1. The maximum Gasteiger partial charge on any atom is 0.261 e. The number of hydrogen-bond acceptors (Lipinski definition) is 3. The van der Waals surface area contributed by atoms with Crippen molar-refractivity contribution in [2.45, 2.75) is 31.9 Å². The van der Waals surface area contributed by atoms with Gasteiger partial charge in [0.05, 0.1) is 13.2 Å². The van der Waals surface area contributed by atoms with Gasteiger partial charge in [0.1, 0.15) is 5.75 Å². The van der Waals surface area contributed by atoms with Crippen LogP contribution in [-0.2, 0) is 4.43 Å². The Morgan fingerprint density at radius 2 is 1.28 bits per heavy atom.